The normalized spacial score (nSPS) is 18.8. The van der Waals surface area contributed by atoms with Crippen LogP contribution in [-0.4, -0.2) is 41.6 Å². The molecule has 0 spiro atoms. The van der Waals surface area contributed by atoms with E-state index >= 15 is 0 Å². The summed E-state index contributed by atoms with van der Waals surface area (Å²) in [7, 11) is 0. The molecule has 8 heteroatoms. The first kappa shape index (κ1) is 12.2. The lowest BCUT2D eigenvalue weighted by Crippen LogP contribution is -2.45. The molecule has 2 rings (SSSR count). The number of nitrogens with zero attached hydrogens (tertiary/aromatic N) is 2. The summed E-state index contributed by atoms with van der Waals surface area (Å²) in [5.74, 6) is 0.566. The largest absolute Gasteiger partial charge is 0.405 e. The summed E-state index contributed by atoms with van der Waals surface area (Å²) in [5, 5.41) is 9.82. The van der Waals surface area contributed by atoms with Gasteiger partial charge in [-0.15, -0.1) is 0 Å². The third kappa shape index (κ3) is 2.70. The highest BCUT2D eigenvalue weighted by molar-refractivity contribution is 5.35. The van der Waals surface area contributed by atoms with Gasteiger partial charge in [-0.25, -0.2) is 4.68 Å². The lowest BCUT2D eigenvalue weighted by molar-refractivity contribution is -0.144. The Morgan fingerprint density at radius 1 is 1.59 bits per heavy atom. The van der Waals surface area contributed by atoms with Gasteiger partial charge in [0, 0.05) is 25.7 Å². The van der Waals surface area contributed by atoms with Gasteiger partial charge in [0.1, 0.15) is 11.9 Å². The van der Waals surface area contributed by atoms with Gasteiger partial charge in [0.15, 0.2) is 0 Å². The fraction of sp³-hybridized carbons (Fsp3) is 0.667. The summed E-state index contributed by atoms with van der Waals surface area (Å²) in [6.45, 7) is 1.21. The number of nitrogens with two attached hydrogens (primary N) is 1. The van der Waals surface area contributed by atoms with Crippen molar-refractivity contribution in [1.82, 2.24) is 15.1 Å². The first-order chi connectivity index (χ1) is 7.98. The molecule has 2 heterocycles. The zero-order valence-corrected chi connectivity index (χ0v) is 9.04. The Balaban J connectivity index is 1.93. The summed E-state index contributed by atoms with van der Waals surface area (Å²) in [6, 6.07) is -0.0264. The minimum atomic E-state index is -4.38. The number of anilines is 1. The molecule has 0 aliphatic carbocycles. The number of rotatable bonds is 4. The van der Waals surface area contributed by atoms with Crippen molar-refractivity contribution in [1.29, 1.82) is 0 Å². The van der Waals surface area contributed by atoms with Crippen LogP contribution in [0, 0.1) is 0 Å². The molecular weight excluding hydrogens is 235 g/mol. The van der Waals surface area contributed by atoms with E-state index < -0.39 is 12.2 Å². The quantitative estimate of drug-likeness (QED) is 0.719. The smallest absolute Gasteiger partial charge is 0.368 e. The minimum absolute atomic E-state index is 0.203. The van der Waals surface area contributed by atoms with Gasteiger partial charge >= 0.3 is 6.18 Å². The number of alkyl halides is 3. The maximum Gasteiger partial charge on any atom is 0.405 e. The summed E-state index contributed by atoms with van der Waals surface area (Å²) in [4.78, 5) is 0. The van der Waals surface area contributed by atoms with E-state index in [2.05, 4.69) is 15.7 Å². The molecule has 1 aliphatic rings. The minimum Gasteiger partial charge on any atom is -0.368 e. The average Bonchev–Trinajstić information content (AvgIpc) is 2.58. The first-order valence-corrected chi connectivity index (χ1v) is 5.29. The zero-order valence-electron chi connectivity index (χ0n) is 9.04. The Morgan fingerprint density at radius 3 is 2.82 bits per heavy atom. The van der Waals surface area contributed by atoms with Gasteiger partial charge in [-0.1, -0.05) is 0 Å². The SMILES string of the molecule is NC(CNc1ccnn1C1CNC1)C(F)(F)F. The number of hydrogen-bond donors (Lipinski definition) is 3. The van der Waals surface area contributed by atoms with Crippen LogP contribution in [0.1, 0.15) is 6.04 Å². The standard InChI is InChI=1S/C9H14F3N5/c10-9(11,12)7(13)5-15-8-1-2-16-17(8)6-3-14-4-6/h1-2,6-7,14-15H,3-5,13H2. The molecule has 0 bridgehead atoms. The second-order valence-corrected chi connectivity index (χ2v) is 4.00. The van der Waals surface area contributed by atoms with Gasteiger partial charge < -0.3 is 16.4 Å². The van der Waals surface area contributed by atoms with Gasteiger partial charge in [0.25, 0.3) is 0 Å². The lowest BCUT2D eigenvalue weighted by atomic mass is 10.2. The molecule has 1 unspecified atom stereocenters. The molecule has 5 nitrogen and oxygen atoms in total. The van der Waals surface area contributed by atoms with Gasteiger partial charge in [-0.05, 0) is 0 Å². The van der Waals surface area contributed by atoms with Crippen LogP contribution >= 0.6 is 0 Å². The fourth-order valence-electron chi connectivity index (χ4n) is 1.52. The van der Waals surface area contributed by atoms with E-state index in [0.717, 1.165) is 13.1 Å². The van der Waals surface area contributed by atoms with Crippen LogP contribution in [0.2, 0.25) is 0 Å². The fourth-order valence-corrected chi connectivity index (χ4v) is 1.52. The molecule has 0 saturated carbocycles. The van der Waals surface area contributed by atoms with Crippen LogP contribution in [0.15, 0.2) is 12.3 Å². The Bertz CT molecular complexity index is 371. The number of aromatic nitrogens is 2. The van der Waals surface area contributed by atoms with Crippen LogP contribution in [-0.2, 0) is 0 Å². The molecule has 17 heavy (non-hydrogen) atoms. The predicted molar refractivity (Wildman–Crippen MR) is 56.7 cm³/mol. The Labute approximate surface area is 96.2 Å². The summed E-state index contributed by atoms with van der Waals surface area (Å²) in [5.41, 5.74) is 5.01. The van der Waals surface area contributed by atoms with E-state index in [1.165, 1.54) is 0 Å². The van der Waals surface area contributed by atoms with Crippen molar-refractivity contribution in [3.05, 3.63) is 12.3 Å². The summed E-state index contributed by atoms with van der Waals surface area (Å²) < 4.78 is 38.3. The Morgan fingerprint density at radius 2 is 2.29 bits per heavy atom. The molecule has 1 saturated heterocycles. The third-order valence-electron chi connectivity index (χ3n) is 2.70. The highest BCUT2D eigenvalue weighted by Crippen LogP contribution is 2.20. The molecule has 1 atom stereocenters. The van der Waals surface area contributed by atoms with E-state index in [4.69, 9.17) is 5.73 Å². The molecule has 4 N–H and O–H groups in total. The Kier molecular flexibility index (Phi) is 3.25. The highest BCUT2D eigenvalue weighted by Gasteiger charge is 2.36. The van der Waals surface area contributed by atoms with Crippen molar-refractivity contribution in [2.75, 3.05) is 25.0 Å². The highest BCUT2D eigenvalue weighted by atomic mass is 19.4. The summed E-state index contributed by atoms with van der Waals surface area (Å²) >= 11 is 0. The molecular formula is C9H14F3N5. The van der Waals surface area contributed by atoms with Crippen LogP contribution in [0.4, 0.5) is 19.0 Å². The van der Waals surface area contributed by atoms with Crippen LogP contribution in [0.3, 0.4) is 0 Å². The van der Waals surface area contributed by atoms with Gasteiger partial charge in [-0.2, -0.15) is 18.3 Å². The maximum absolute atomic E-state index is 12.2. The van der Waals surface area contributed by atoms with Crippen molar-refractivity contribution in [3.63, 3.8) is 0 Å². The average molecular weight is 249 g/mol. The van der Waals surface area contributed by atoms with Gasteiger partial charge in [0.2, 0.25) is 0 Å². The first-order valence-electron chi connectivity index (χ1n) is 5.29. The summed E-state index contributed by atoms with van der Waals surface area (Å²) in [6.07, 6.45) is -2.82. The zero-order chi connectivity index (χ0) is 12.5. The van der Waals surface area contributed by atoms with E-state index in [1.807, 2.05) is 0 Å². The third-order valence-corrected chi connectivity index (χ3v) is 2.70. The molecule has 1 fully saturated rings. The van der Waals surface area contributed by atoms with Gasteiger partial charge in [0.05, 0.1) is 12.2 Å². The lowest BCUT2D eigenvalue weighted by Gasteiger charge is -2.29. The molecule has 1 aliphatic heterocycles. The van der Waals surface area contributed by atoms with E-state index in [0.29, 0.717) is 5.82 Å². The maximum atomic E-state index is 12.2. The van der Waals surface area contributed by atoms with Crippen LogP contribution < -0.4 is 16.4 Å². The number of halogens is 3. The molecule has 1 aromatic rings. The van der Waals surface area contributed by atoms with Crippen molar-refractivity contribution >= 4 is 5.82 Å². The van der Waals surface area contributed by atoms with Crippen molar-refractivity contribution in [3.8, 4) is 0 Å². The van der Waals surface area contributed by atoms with E-state index in [1.54, 1.807) is 16.9 Å². The second kappa shape index (κ2) is 4.53. The molecule has 0 aromatic carbocycles. The van der Waals surface area contributed by atoms with Crippen LogP contribution in [0.5, 0.6) is 0 Å². The predicted octanol–water partition coefficient (Wildman–Crippen LogP) is 0.329. The topological polar surface area (TPSA) is 67.9 Å². The van der Waals surface area contributed by atoms with Crippen LogP contribution in [0.25, 0.3) is 0 Å². The number of hydrogen-bond acceptors (Lipinski definition) is 4. The molecule has 1 aromatic heterocycles. The Hall–Kier alpha value is -1.28. The molecule has 0 radical (unpaired) electrons. The second-order valence-electron chi connectivity index (χ2n) is 4.00. The van der Waals surface area contributed by atoms with E-state index in [-0.39, 0.29) is 12.6 Å². The molecule has 96 valence electrons. The van der Waals surface area contributed by atoms with Crippen molar-refractivity contribution in [2.24, 2.45) is 5.73 Å². The van der Waals surface area contributed by atoms with E-state index in [9.17, 15) is 13.2 Å². The monoisotopic (exact) mass is 249 g/mol. The van der Waals surface area contributed by atoms with Crippen molar-refractivity contribution < 1.29 is 13.2 Å². The number of nitrogens with one attached hydrogen (secondary N) is 2. The molecule has 0 amide bonds. The van der Waals surface area contributed by atoms with Gasteiger partial charge in [-0.3, -0.25) is 0 Å². The van der Waals surface area contributed by atoms with Crippen molar-refractivity contribution in [2.45, 2.75) is 18.3 Å².